The highest BCUT2D eigenvalue weighted by Crippen LogP contribution is 2.17. The summed E-state index contributed by atoms with van der Waals surface area (Å²) in [6.45, 7) is 14.6. The molecule has 0 saturated heterocycles. The van der Waals surface area contributed by atoms with Crippen LogP contribution >= 0.6 is 0 Å². The molecule has 0 radical (unpaired) electrons. The van der Waals surface area contributed by atoms with Crippen LogP contribution < -0.4 is 10.6 Å². The standard InChI is InChI=1S/C15H28N4/c1-7-8-16-12-9-17-14(11(2)3)19-13(12)10-18-15(4,5)6/h9,11,16,18H,7-8,10H2,1-6H3. The minimum atomic E-state index is 0.0883. The highest BCUT2D eigenvalue weighted by molar-refractivity contribution is 5.46. The van der Waals surface area contributed by atoms with Crippen molar-refractivity contribution in [2.75, 3.05) is 11.9 Å². The maximum Gasteiger partial charge on any atom is 0.131 e. The van der Waals surface area contributed by atoms with E-state index in [0.29, 0.717) is 5.92 Å². The van der Waals surface area contributed by atoms with Gasteiger partial charge in [0, 0.05) is 24.5 Å². The van der Waals surface area contributed by atoms with Crippen molar-refractivity contribution in [3.63, 3.8) is 0 Å². The summed E-state index contributed by atoms with van der Waals surface area (Å²) in [7, 11) is 0. The first-order valence-corrected chi connectivity index (χ1v) is 7.18. The van der Waals surface area contributed by atoms with Crippen LogP contribution in [-0.2, 0) is 6.54 Å². The maximum atomic E-state index is 4.69. The highest BCUT2D eigenvalue weighted by Gasteiger charge is 2.13. The Morgan fingerprint density at radius 1 is 1.26 bits per heavy atom. The molecule has 0 unspecified atom stereocenters. The van der Waals surface area contributed by atoms with Crippen LogP contribution in [0.15, 0.2) is 6.20 Å². The summed E-state index contributed by atoms with van der Waals surface area (Å²) in [6, 6.07) is 0. The van der Waals surface area contributed by atoms with Crippen LogP contribution in [0.4, 0.5) is 5.69 Å². The average molecular weight is 264 g/mol. The van der Waals surface area contributed by atoms with Crippen molar-refractivity contribution in [3.8, 4) is 0 Å². The smallest absolute Gasteiger partial charge is 0.131 e. The fraction of sp³-hybridized carbons (Fsp3) is 0.733. The quantitative estimate of drug-likeness (QED) is 0.827. The summed E-state index contributed by atoms with van der Waals surface area (Å²) in [5, 5.41) is 6.89. The van der Waals surface area contributed by atoms with Crippen molar-refractivity contribution >= 4 is 5.69 Å². The molecule has 0 amide bonds. The second kappa shape index (κ2) is 6.85. The van der Waals surface area contributed by atoms with Crippen molar-refractivity contribution in [2.24, 2.45) is 0 Å². The first-order valence-electron chi connectivity index (χ1n) is 7.18. The van der Waals surface area contributed by atoms with Gasteiger partial charge in [-0.15, -0.1) is 0 Å². The van der Waals surface area contributed by atoms with Gasteiger partial charge in [-0.25, -0.2) is 9.97 Å². The van der Waals surface area contributed by atoms with E-state index >= 15 is 0 Å². The normalized spacial score (nSPS) is 11.9. The van der Waals surface area contributed by atoms with E-state index in [9.17, 15) is 0 Å². The van der Waals surface area contributed by atoms with Gasteiger partial charge in [0.2, 0.25) is 0 Å². The molecular formula is C15H28N4. The molecule has 0 saturated carbocycles. The number of aromatic nitrogens is 2. The summed E-state index contributed by atoms with van der Waals surface area (Å²) in [5.41, 5.74) is 2.19. The number of rotatable bonds is 6. The van der Waals surface area contributed by atoms with E-state index in [1.807, 2.05) is 6.20 Å². The van der Waals surface area contributed by atoms with Gasteiger partial charge in [-0.3, -0.25) is 0 Å². The number of nitrogens with zero attached hydrogens (tertiary/aromatic N) is 2. The zero-order valence-electron chi connectivity index (χ0n) is 13.2. The first-order chi connectivity index (χ1) is 8.83. The molecule has 4 heteroatoms. The van der Waals surface area contributed by atoms with Crippen molar-refractivity contribution in [2.45, 2.75) is 66.0 Å². The van der Waals surface area contributed by atoms with E-state index in [4.69, 9.17) is 4.98 Å². The molecule has 1 aromatic heterocycles. The summed E-state index contributed by atoms with van der Waals surface area (Å²) in [6.07, 6.45) is 3.01. The molecule has 0 bridgehead atoms. The van der Waals surface area contributed by atoms with Crippen LogP contribution in [0.1, 0.15) is 65.4 Å². The Kier molecular flexibility index (Phi) is 5.73. The van der Waals surface area contributed by atoms with Crippen molar-refractivity contribution in [1.29, 1.82) is 0 Å². The third kappa shape index (κ3) is 5.55. The van der Waals surface area contributed by atoms with E-state index < -0.39 is 0 Å². The molecule has 0 aromatic carbocycles. The van der Waals surface area contributed by atoms with Crippen LogP contribution in [0.2, 0.25) is 0 Å². The Labute approximate surface area is 117 Å². The SMILES string of the molecule is CCCNc1cnc(C(C)C)nc1CNC(C)(C)C. The van der Waals surface area contributed by atoms with Gasteiger partial charge < -0.3 is 10.6 Å². The summed E-state index contributed by atoms with van der Waals surface area (Å²) in [4.78, 5) is 9.13. The Balaban J connectivity index is 2.90. The monoisotopic (exact) mass is 264 g/mol. The van der Waals surface area contributed by atoms with Crippen LogP contribution in [0.3, 0.4) is 0 Å². The van der Waals surface area contributed by atoms with Gasteiger partial charge in [0.05, 0.1) is 17.6 Å². The Morgan fingerprint density at radius 3 is 2.47 bits per heavy atom. The zero-order chi connectivity index (χ0) is 14.5. The van der Waals surface area contributed by atoms with E-state index in [-0.39, 0.29) is 5.54 Å². The Bertz CT molecular complexity index is 394. The van der Waals surface area contributed by atoms with Crippen LogP contribution in [0.5, 0.6) is 0 Å². The van der Waals surface area contributed by atoms with E-state index in [2.05, 4.69) is 57.2 Å². The molecule has 1 rings (SSSR count). The van der Waals surface area contributed by atoms with Crippen LogP contribution in [0.25, 0.3) is 0 Å². The summed E-state index contributed by atoms with van der Waals surface area (Å²) in [5.74, 6) is 1.27. The summed E-state index contributed by atoms with van der Waals surface area (Å²) >= 11 is 0. The largest absolute Gasteiger partial charge is 0.382 e. The molecule has 0 aliphatic carbocycles. The second-order valence-electron chi connectivity index (χ2n) is 6.27. The Morgan fingerprint density at radius 2 is 1.95 bits per heavy atom. The van der Waals surface area contributed by atoms with Gasteiger partial charge in [0.15, 0.2) is 0 Å². The molecule has 1 aromatic rings. The topological polar surface area (TPSA) is 49.8 Å². The average Bonchev–Trinajstić information content (AvgIpc) is 2.33. The molecule has 0 aliphatic heterocycles. The molecule has 1 heterocycles. The van der Waals surface area contributed by atoms with Gasteiger partial charge in [0.1, 0.15) is 5.82 Å². The maximum absolute atomic E-state index is 4.69. The van der Waals surface area contributed by atoms with Gasteiger partial charge in [-0.1, -0.05) is 20.8 Å². The number of hydrogen-bond acceptors (Lipinski definition) is 4. The third-order valence-corrected chi connectivity index (χ3v) is 2.75. The predicted octanol–water partition coefficient (Wildman–Crippen LogP) is 3.31. The molecule has 4 nitrogen and oxygen atoms in total. The zero-order valence-corrected chi connectivity index (χ0v) is 13.2. The highest BCUT2D eigenvalue weighted by atomic mass is 15.0. The Hall–Kier alpha value is -1.16. The van der Waals surface area contributed by atoms with Crippen molar-refractivity contribution in [3.05, 3.63) is 17.7 Å². The van der Waals surface area contributed by atoms with Gasteiger partial charge in [0.25, 0.3) is 0 Å². The van der Waals surface area contributed by atoms with Gasteiger partial charge in [-0.2, -0.15) is 0 Å². The minimum Gasteiger partial charge on any atom is -0.382 e. The molecule has 0 aliphatic rings. The minimum absolute atomic E-state index is 0.0883. The molecular weight excluding hydrogens is 236 g/mol. The lowest BCUT2D eigenvalue weighted by Gasteiger charge is -2.22. The van der Waals surface area contributed by atoms with Crippen LogP contribution in [0, 0.1) is 0 Å². The molecule has 108 valence electrons. The molecule has 19 heavy (non-hydrogen) atoms. The molecule has 2 N–H and O–H groups in total. The lowest BCUT2D eigenvalue weighted by molar-refractivity contribution is 0.421. The van der Waals surface area contributed by atoms with E-state index in [1.54, 1.807) is 0 Å². The molecule has 0 spiro atoms. The van der Waals surface area contributed by atoms with E-state index in [0.717, 1.165) is 36.7 Å². The van der Waals surface area contributed by atoms with Crippen molar-refractivity contribution in [1.82, 2.24) is 15.3 Å². The third-order valence-electron chi connectivity index (χ3n) is 2.75. The van der Waals surface area contributed by atoms with E-state index in [1.165, 1.54) is 0 Å². The summed E-state index contributed by atoms with van der Waals surface area (Å²) < 4.78 is 0. The van der Waals surface area contributed by atoms with Crippen LogP contribution in [-0.4, -0.2) is 22.1 Å². The molecule has 0 atom stereocenters. The van der Waals surface area contributed by atoms with Gasteiger partial charge in [-0.05, 0) is 27.2 Å². The van der Waals surface area contributed by atoms with Crippen molar-refractivity contribution < 1.29 is 0 Å². The number of nitrogens with one attached hydrogen (secondary N) is 2. The lowest BCUT2D eigenvalue weighted by Crippen LogP contribution is -2.35. The fourth-order valence-corrected chi connectivity index (χ4v) is 1.60. The fourth-order valence-electron chi connectivity index (χ4n) is 1.60. The molecule has 0 fully saturated rings. The van der Waals surface area contributed by atoms with Gasteiger partial charge >= 0.3 is 0 Å². The predicted molar refractivity (Wildman–Crippen MR) is 81.5 cm³/mol. The first kappa shape index (κ1) is 15.9. The second-order valence-corrected chi connectivity index (χ2v) is 6.27. The lowest BCUT2D eigenvalue weighted by atomic mass is 10.1. The number of anilines is 1. The number of hydrogen-bond donors (Lipinski definition) is 2.